The third kappa shape index (κ3) is 5.72. The summed E-state index contributed by atoms with van der Waals surface area (Å²) in [6.45, 7) is 2.18. The van der Waals surface area contributed by atoms with Gasteiger partial charge in [0.25, 0.3) is 5.91 Å². The molecule has 0 aliphatic heterocycles. The van der Waals surface area contributed by atoms with Gasteiger partial charge < -0.3 is 14.4 Å². The van der Waals surface area contributed by atoms with Crippen LogP contribution in [-0.4, -0.2) is 49.3 Å². The number of carbonyl (C=O) groups is 2. The smallest absolute Gasteiger partial charge is 0.318 e. The van der Waals surface area contributed by atoms with Crippen molar-refractivity contribution in [3.8, 4) is 5.75 Å². The predicted molar refractivity (Wildman–Crippen MR) is 103 cm³/mol. The molecule has 2 aromatic rings. The van der Waals surface area contributed by atoms with E-state index in [1.165, 1.54) is 35.9 Å². The van der Waals surface area contributed by atoms with Crippen LogP contribution in [0.3, 0.4) is 0 Å². The van der Waals surface area contributed by atoms with E-state index in [1.807, 2.05) is 6.07 Å². The lowest BCUT2D eigenvalue weighted by molar-refractivity contribution is -0.139. The molecular formula is C20H22FNO4S. The van der Waals surface area contributed by atoms with Gasteiger partial charge in [-0.25, -0.2) is 4.39 Å². The van der Waals surface area contributed by atoms with E-state index in [4.69, 9.17) is 9.47 Å². The van der Waals surface area contributed by atoms with E-state index in [2.05, 4.69) is 0 Å². The first-order valence-electron chi connectivity index (χ1n) is 8.40. The summed E-state index contributed by atoms with van der Waals surface area (Å²) in [5.41, 5.74) is 0.492. The fourth-order valence-electron chi connectivity index (χ4n) is 2.31. The number of thioether (sulfide) groups is 1. The maximum atomic E-state index is 13.6. The minimum Gasteiger partial charge on any atom is -0.489 e. The van der Waals surface area contributed by atoms with Gasteiger partial charge in [-0.15, -0.1) is 11.8 Å². The highest BCUT2D eigenvalue weighted by Crippen LogP contribution is 2.28. The monoisotopic (exact) mass is 391 g/mol. The molecule has 0 radical (unpaired) electrons. The highest BCUT2D eigenvalue weighted by molar-refractivity contribution is 8.00. The molecule has 0 heterocycles. The van der Waals surface area contributed by atoms with Crippen LogP contribution in [0.5, 0.6) is 5.75 Å². The number of ether oxygens (including phenoxy) is 2. The van der Waals surface area contributed by atoms with Gasteiger partial charge in [-0.2, -0.15) is 0 Å². The van der Waals surface area contributed by atoms with Crippen molar-refractivity contribution in [2.75, 3.05) is 27.3 Å². The number of halogens is 1. The van der Waals surface area contributed by atoms with Crippen LogP contribution < -0.4 is 4.74 Å². The van der Waals surface area contributed by atoms with Gasteiger partial charge in [0.1, 0.15) is 11.9 Å². The Bertz CT molecular complexity index is 799. The van der Waals surface area contributed by atoms with Crippen molar-refractivity contribution in [3.05, 3.63) is 59.9 Å². The highest BCUT2D eigenvalue weighted by atomic mass is 32.2. The molecule has 2 rings (SSSR count). The Balaban J connectivity index is 2.00. The normalized spacial score (nSPS) is 11.6. The number of benzene rings is 2. The summed E-state index contributed by atoms with van der Waals surface area (Å²) in [5, 5.41) is -0.432. The van der Waals surface area contributed by atoms with Crippen LogP contribution in [0, 0.1) is 5.82 Å². The molecule has 0 N–H and O–H groups in total. The van der Waals surface area contributed by atoms with Gasteiger partial charge in [0, 0.05) is 11.9 Å². The van der Waals surface area contributed by atoms with E-state index in [9.17, 15) is 14.0 Å². The summed E-state index contributed by atoms with van der Waals surface area (Å²) in [7, 11) is 2.98. The number of para-hydroxylation sites is 1. The quantitative estimate of drug-likeness (QED) is 0.508. The van der Waals surface area contributed by atoms with Crippen LogP contribution in [0.2, 0.25) is 0 Å². The van der Waals surface area contributed by atoms with Crippen LogP contribution in [0.25, 0.3) is 0 Å². The molecule has 0 aliphatic carbocycles. The molecule has 2 aromatic carbocycles. The third-order valence-electron chi connectivity index (χ3n) is 3.82. The zero-order valence-corrected chi connectivity index (χ0v) is 16.3. The van der Waals surface area contributed by atoms with Crippen LogP contribution in [0.15, 0.2) is 53.4 Å². The van der Waals surface area contributed by atoms with Gasteiger partial charge in [-0.3, -0.25) is 9.59 Å². The summed E-state index contributed by atoms with van der Waals surface area (Å²) in [6.07, 6.45) is 0. The summed E-state index contributed by atoms with van der Waals surface area (Å²) in [4.78, 5) is 26.6. The van der Waals surface area contributed by atoms with Gasteiger partial charge in [-0.1, -0.05) is 24.3 Å². The van der Waals surface area contributed by atoms with Gasteiger partial charge in [0.15, 0.2) is 11.6 Å². The van der Waals surface area contributed by atoms with Crippen molar-refractivity contribution in [2.45, 2.75) is 17.1 Å². The molecule has 0 aromatic heterocycles. The van der Waals surface area contributed by atoms with E-state index < -0.39 is 11.1 Å². The second-order valence-corrected chi connectivity index (χ2v) is 7.17. The van der Waals surface area contributed by atoms with Crippen LogP contribution >= 0.6 is 11.8 Å². The summed E-state index contributed by atoms with van der Waals surface area (Å²) in [5.74, 6) is -0.840. The summed E-state index contributed by atoms with van der Waals surface area (Å²) in [6, 6.07) is 13.2. The number of hydrogen-bond donors (Lipinski definition) is 0. The largest absolute Gasteiger partial charge is 0.489 e. The first kappa shape index (κ1) is 20.8. The van der Waals surface area contributed by atoms with E-state index in [1.54, 1.807) is 44.3 Å². The lowest BCUT2D eigenvalue weighted by Crippen LogP contribution is -2.31. The average molecular weight is 391 g/mol. The van der Waals surface area contributed by atoms with E-state index in [-0.39, 0.29) is 24.2 Å². The second kappa shape index (κ2) is 9.97. The number of likely N-dealkylation sites (N-methyl/N-ethyl adjacent to an activating group) is 1. The summed E-state index contributed by atoms with van der Waals surface area (Å²) < 4.78 is 23.7. The fraction of sp³-hybridized carbons (Fsp3) is 0.300. The van der Waals surface area contributed by atoms with Crippen LogP contribution in [-0.2, 0) is 9.53 Å². The number of rotatable bonds is 8. The zero-order valence-electron chi connectivity index (χ0n) is 15.5. The second-order valence-electron chi connectivity index (χ2n) is 5.78. The standard InChI is InChI=1S/C20H22FNO4S/c1-14(20(24)25-3)27-18-11-7-4-8-15(18)19(23)22(2)12-13-26-17-10-6-5-9-16(17)21/h4-11,14H,12-13H2,1-3H3. The van der Waals surface area contributed by atoms with E-state index in [0.29, 0.717) is 17.0 Å². The molecule has 0 aliphatic rings. The molecule has 0 spiro atoms. The Hall–Kier alpha value is -2.54. The zero-order chi connectivity index (χ0) is 19.8. The first-order chi connectivity index (χ1) is 12.9. The Labute approximate surface area is 162 Å². The van der Waals surface area contributed by atoms with Crippen LogP contribution in [0.4, 0.5) is 4.39 Å². The Morgan fingerprint density at radius 3 is 2.52 bits per heavy atom. The SMILES string of the molecule is COC(=O)C(C)Sc1ccccc1C(=O)N(C)CCOc1ccccc1F. The molecule has 5 nitrogen and oxygen atoms in total. The van der Waals surface area contributed by atoms with Gasteiger partial charge in [0.05, 0.1) is 19.2 Å². The first-order valence-corrected chi connectivity index (χ1v) is 9.28. The molecule has 1 atom stereocenters. The van der Waals surface area contributed by atoms with Crippen molar-refractivity contribution >= 4 is 23.6 Å². The molecule has 27 heavy (non-hydrogen) atoms. The van der Waals surface area contributed by atoms with Crippen LogP contribution in [0.1, 0.15) is 17.3 Å². The maximum Gasteiger partial charge on any atom is 0.318 e. The number of nitrogens with zero attached hydrogens (tertiary/aromatic N) is 1. The number of esters is 1. The molecule has 1 amide bonds. The molecule has 0 bridgehead atoms. The third-order valence-corrected chi connectivity index (χ3v) is 4.98. The summed E-state index contributed by atoms with van der Waals surface area (Å²) >= 11 is 1.27. The number of carbonyl (C=O) groups excluding carboxylic acids is 2. The van der Waals surface area contributed by atoms with Crippen molar-refractivity contribution in [2.24, 2.45) is 0 Å². The van der Waals surface area contributed by atoms with Gasteiger partial charge >= 0.3 is 5.97 Å². The number of amides is 1. The lowest BCUT2D eigenvalue weighted by Gasteiger charge is -2.20. The minimum absolute atomic E-state index is 0.154. The molecule has 0 saturated heterocycles. The highest BCUT2D eigenvalue weighted by Gasteiger charge is 2.20. The topological polar surface area (TPSA) is 55.8 Å². The van der Waals surface area contributed by atoms with Crippen molar-refractivity contribution in [1.29, 1.82) is 0 Å². The molecule has 0 fully saturated rings. The minimum atomic E-state index is -0.440. The number of hydrogen-bond acceptors (Lipinski definition) is 5. The van der Waals surface area contributed by atoms with E-state index in [0.717, 1.165) is 0 Å². The Morgan fingerprint density at radius 1 is 1.15 bits per heavy atom. The van der Waals surface area contributed by atoms with Gasteiger partial charge in [-0.05, 0) is 31.2 Å². The lowest BCUT2D eigenvalue weighted by atomic mass is 10.2. The van der Waals surface area contributed by atoms with Gasteiger partial charge in [0.2, 0.25) is 0 Å². The predicted octanol–water partition coefficient (Wildman–Crippen LogP) is 3.63. The maximum absolute atomic E-state index is 13.6. The van der Waals surface area contributed by atoms with E-state index >= 15 is 0 Å². The van der Waals surface area contributed by atoms with Crippen molar-refractivity contribution < 1.29 is 23.5 Å². The van der Waals surface area contributed by atoms with Crippen molar-refractivity contribution in [3.63, 3.8) is 0 Å². The molecule has 7 heteroatoms. The van der Waals surface area contributed by atoms with Crippen molar-refractivity contribution in [1.82, 2.24) is 4.90 Å². The Kier molecular flexibility index (Phi) is 7.67. The molecular weight excluding hydrogens is 369 g/mol. The fourth-order valence-corrected chi connectivity index (χ4v) is 3.32. The molecule has 1 unspecified atom stereocenters. The average Bonchev–Trinajstić information content (AvgIpc) is 2.68. The Morgan fingerprint density at radius 2 is 1.81 bits per heavy atom. The number of methoxy groups -OCH3 is 1. The molecule has 0 saturated carbocycles. The molecule has 144 valence electrons.